The molecule has 1 N–H and O–H groups in total. The van der Waals surface area contributed by atoms with Crippen molar-refractivity contribution in [3.8, 4) is 11.5 Å². The van der Waals surface area contributed by atoms with E-state index in [4.69, 9.17) is 9.52 Å². The van der Waals surface area contributed by atoms with Gasteiger partial charge in [-0.1, -0.05) is 12.8 Å². The third kappa shape index (κ3) is 3.47. The van der Waals surface area contributed by atoms with Gasteiger partial charge in [0.05, 0.1) is 17.1 Å². The number of hydrogen-bond donors (Lipinski definition) is 1. The van der Waals surface area contributed by atoms with Crippen LogP contribution < -0.4 is 5.32 Å². The van der Waals surface area contributed by atoms with Gasteiger partial charge in [-0.3, -0.25) is 14.5 Å². The van der Waals surface area contributed by atoms with Crippen molar-refractivity contribution in [2.45, 2.75) is 57.4 Å². The van der Waals surface area contributed by atoms with Crippen molar-refractivity contribution in [3.05, 3.63) is 59.9 Å². The molecule has 4 aromatic rings. The summed E-state index contributed by atoms with van der Waals surface area (Å²) < 4.78 is 7.71. The van der Waals surface area contributed by atoms with Crippen LogP contribution in [0.25, 0.3) is 22.4 Å². The monoisotopic (exact) mass is 427 g/mol. The van der Waals surface area contributed by atoms with Gasteiger partial charge >= 0.3 is 0 Å². The molecule has 2 aliphatic carbocycles. The molecule has 3 heterocycles. The molecule has 1 aromatic carbocycles. The number of carbonyl (C=O) groups excluding carboxylic acids is 1. The summed E-state index contributed by atoms with van der Waals surface area (Å²) >= 11 is 0. The highest BCUT2D eigenvalue weighted by Crippen LogP contribution is 2.45. The first-order chi connectivity index (χ1) is 15.7. The van der Waals surface area contributed by atoms with E-state index in [9.17, 15) is 4.79 Å². The lowest BCUT2D eigenvalue weighted by Crippen LogP contribution is -2.13. The van der Waals surface area contributed by atoms with Gasteiger partial charge in [-0.15, -0.1) is 0 Å². The van der Waals surface area contributed by atoms with Gasteiger partial charge < -0.3 is 9.73 Å². The Morgan fingerprint density at radius 2 is 2.03 bits per heavy atom. The summed E-state index contributed by atoms with van der Waals surface area (Å²) in [5.74, 6) is 0.611. The van der Waals surface area contributed by atoms with Crippen LogP contribution >= 0.6 is 0 Å². The fourth-order valence-electron chi connectivity index (χ4n) is 4.70. The third-order valence-corrected chi connectivity index (χ3v) is 6.63. The first-order valence-electron chi connectivity index (χ1n) is 11.4. The van der Waals surface area contributed by atoms with Gasteiger partial charge in [-0.05, 0) is 68.4 Å². The van der Waals surface area contributed by atoms with Crippen molar-refractivity contribution in [1.82, 2.24) is 19.7 Å². The highest BCUT2D eigenvalue weighted by molar-refractivity contribution is 6.04. The maximum Gasteiger partial charge on any atom is 0.277 e. The molecular weight excluding hydrogens is 402 g/mol. The van der Waals surface area contributed by atoms with Gasteiger partial charge in [0.2, 0.25) is 5.89 Å². The molecule has 7 heteroatoms. The number of benzene rings is 1. The topological polar surface area (TPSA) is 85.8 Å². The van der Waals surface area contributed by atoms with Gasteiger partial charge in [0.15, 0.2) is 5.69 Å². The largest absolute Gasteiger partial charge is 0.444 e. The molecule has 3 aromatic heterocycles. The summed E-state index contributed by atoms with van der Waals surface area (Å²) in [6.45, 7) is 1.89. The van der Waals surface area contributed by atoms with Crippen LogP contribution in [0.1, 0.15) is 72.2 Å². The number of aromatic nitrogens is 4. The van der Waals surface area contributed by atoms with Crippen molar-refractivity contribution in [2.75, 3.05) is 5.32 Å². The van der Waals surface area contributed by atoms with E-state index in [1.807, 2.05) is 19.1 Å². The van der Waals surface area contributed by atoms with Gasteiger partial charge in [-0.2, -0.15) is 5.10 Å². The average Bonchev–Trinajstić information content (AvgIpc) is 3.20. The molecule has 0 radical (unpaired) electrons. The molecule has 162 valence electrons. The molecule has 0 bridgehead atoms. The summed E-state index contributed by atoms with van der Waals surface area (Å²) in [7, 11) is 0. The molecule has 2 saturated carbocycles. The number of anilines is 1. The Labute approximate surface area is 185 Å². The Balaban J connectivity index is 1.30. The van der Waals surface area contributed by atoms with Crippen LogP contribution in [0.3, 0.4) is 0 Å². The molecule has 0 atom stereocenters. The lowest BCUT2D eigenvalue weighted by atomic mass is 10.1. The van der Waals surface area contributed by atoms with Crippen LogP contribution in [0.4, 0.5) is 5.69 Å². The van der Waals surface area contributed by atoms with Crippen LogP contribution in [0, 0.1) is 6.92 Å². The number of nitrogens with zero attached hydrogens (tertiary/aromatic N) is 4. The molecule has 1 amide bonds. The molecule has 32 heavy (non-hydrogen) atoms. The lowest BCUT2D eigenvalue weighted by molar-refractivity contribution is 0.102. The third-order valence-electron chi connectivity index (χ3n) is 6.63. The molecule has 6 rings (SSSR count). The number of oxazole rings is 1. The molecule has 0 aliphatic heterocycles. The van der Waals surface area contributed by atoms with Crippen LogP contribution in [-0.2, 0) is 0 Å². The highest BCUT2D eigenvalue weighted by Gasteiger charge is 2.28. The molecule has 0 unspecified atom stereocenters. The fourth-order valence-corrected chi connectivity index (χ4v) is 4.70. The van der Waals surface area contributed by atoms with Gasteiger partial charge in [0.25, 0.3) is 5.91 Å². The smallest absolute Gasteiger partial charge is 0.277 e. The van der Waals surface area contributed by atoms with E-state index in [2.05, 4.69) is 38.3 Å². The predicted molar refractivity (Wildman–Crippen MR) is 122 cm³/mol. The average molecular weight is 428 g/mol. The Hall–Kier alpha value is -3.48. The van der Waals surface area contributed by atoms with Crippen molar-refractivity contribution < 1.29 is 9.21 Å². The zero-order valence-electron chi connectivity index (χ0n) is 18.0. The molecular formula is C25H25N5O2. The predicted octanol–water partition coefficient (Wildman–Crippen LogP) is 5.64. The molecule has 2 aliphatic rings. The summed E-state index contributed by atoms with van der Waals surface area (Å²) in [4.78, 5) is 21.7. The molecule has 2 fully saturated rings. The zero-order valence-corrected chi connectivity index (χ0v) is 18.0. The van der Waals surface area contributed by atoms with E-state index >= 15 is 0 Å². The number of carbonyl (C=O) groups is 1. The van der Waals surface area contributed by atoms with E-state index in [1.165, 1.54) is 31.9 Å². The van der Waals surface area contributed by atoms with Crippen molar-refractivity contribution in [2.24, 2.45) is 0 Å². The van der Waals surface area contributed by atoms with Crippen LogP contribution in [0.2, 0.25) is 0 Å². The van der Waals surface area contributed by atoms with Crippen molar-refractivity contribution in [3.63, 3.8) is 0 Å². The standard InChI is InChI=1S/C25H25N5O2/c1-15-19(7-4-10-26-15)25-28-23(14-32-25)24(31)27-22-11-17-13-30(18-5-2-3-6-18)29-21(17)12-20(22)16-8-9-16/h4,7,10-14,16,18H,2-3,5-6,8-9H2,1H3,(H,27,31). The summed E-state index contributed by atoms with van der Waals surface area (Å²) in [5.41, 5.74) is 4.86. The maximum atomic E-state index is 13.0. The van der Waals surface area contributed by atoms with Crippen LogP contribution in [0.15, 0.2) is 47.3 Å². The number of aryl methyl sites for hydroxylation is 1. The Morgan fingerprint density at radius 1 is 1.19 bits per heavy atom. The van der Waals surface area contributed by atoms with Gasteiger partial charge in [-0.25, -0.2) is 4.98 Å². The Kier molecular flexibility index (Phi) is 4.56. The molecule has 0 spiro atoms. The SMILES string of the molecule is Cc1ncccc1-c1nc(C(=O)Nc2cc3cn(C4CCCC4)nc3cc2C2CC2)co1. The first kappa shape index (κ1) is 19.2. The number of rotatable bonds is 5. The van der Waals surface area contributed by atoms with Crippen LogP contribution in [-0.4, -0.2) is 25.7 Å². The minimum absolute atomic E-state index is 0.256. The summed E-state index contributed by atoms with van der Waals surface area (Å²) in [6, 6.07) is 8.42. The Bertz CT molecular complexity index is 1310. The fraction of sp³-hybridized carbons (Fsp3) is 0.360. The normalized spacial score (nSPS) is 16.7. The second kappa shape index (κ2) is 7.58. The first-order valence-corrected chi connectivity index (χ1v) is 11.4. The molecule has 7 nitrogen and oxygen atoms in total. The minimum Gasteiger partial charge on any atom is -0.444 e. The number of amides is 1. The van der Waals surface area contributed by atoms with E-state index in [0.717, 1.165) is 46.3 Å². The highest BCUT2D eigenvalue weighted by atomic mass is 16.3. The number of hydrogen-bond acceptors (Lipinski definition) is 5. The number of pyridine rings is 1. The summed E-state index contributed by atoms with van der Waals surface area (Å²) in [6.07, 6.45) is 12.5. The lowest BCUT2D eigenvalue weighted by Gasteiger charge is -2.09. The number of nitrogens with one attached hydrogen (secondary N) is 1. The molecule has 0 saturated heterocycles. The van der Waals surface area contributed by atoms with Crippen molar-refractivity contribution in [1.29, 1.82) is 0 Å². The van der Waals surface area contributed by atoms with E-state index in [-0.39, 0.29) is 11.6 Å². The number of fused-ring (bicyclic) bond motifs is 1. The Morgan fingerprint density at radius 3 is 2.81 bits per heavy atom. The quantitative estimate of drug-likeness (QED) is 0.445. The van der Waals surface area contributed by atoms with Crippen molar-refractivity contribution >= 4 is 22.5 Å². The summed E-state index contributed by atoms with van der Waals surface area (Å²) in [5, 5.41) is 9.00. The minimum atomic E-state index is -0.272. The second-order valence-electron chi connectivity index (χ2n) is 8.95. The van der Waals surface area contributed by atoms with Crippen LogP contribution in [0.5, 0.6) is 0 Å². The maximum absolute atomic E-state index is 13.0. The van der Waals surface area contributed by atoms with E-state index in [1.54, 1.807) is 6.20 Å². The second-order valence-corrected chi connectivity index (χ2v) is 8.95. The van der Waals surface area contributed by atoms with E-state index < -0.39 is 0 Å². The van der Waals surface area contributed by atoms with Gasteiger partial charge in [0, 0.05) is 29.2 Å². The zero-order chi connectivity index (χ0) is 21.7. The van der Waals surface area contributed by atoms with Gasteiger partial charge in [0.1, 0.15) is 6.26 Å². The van der Waals surface area contributed by atoms with E-state index in [0.29, 0.717) is 17.9 Å².